The van der Waals surface area contributed by atoms with Gasteiger partial charge in [-0.3, -0.25) is 9.59 Å². The molecule has 0 radical (unpaired) electrons. The van der Waals surface area contributed by atoms with Crippen molar-refractivity contribution in [2.45, 2.75) is 39.2 Å². The summed E-state index contributed by atoms with van der Waals surface area (Å²) in [4.78, 5) is 23.6. The number of benzene rings is 1. The fourth-order valence-corrected chi connectivity index (χ4v) is 2.76. The van der Waals surface area contributed by atoms with Crippen molar-refractivity contribution in [1.29, 1.82) is 0 Å². The summed E-state index contributed by atoms with van der Waals surface area (Å²) >= 11 is 0. The molecule has 0 aliphatic heterocycles. The summed E-state index contributed by atoms with van der Waals surface area (Å²) < 4.78 is 5.33. The Kier molecular flexibility index (Phi) is 4.50. The van der Waals surface area contributed by atoms with Crippen LogP contribution in [-0.2, 0) is 4.79 Å². The molecule has 2 unspecified atom stereocenters. The number of carboxylic acid groups (broad SMARTS) is 1. The molecule has 1 amide bonds. The van der Waals surface area contributed by atoms with Crippen LogP contribution in [-0.4, -0.2) is 29.6 Å². The summed E-state index contributed by atoms with van der Waals surface area (Å²) in [6, 6.07) is 6.53. The van der Waals surface area contributed by atoms with Crippen molar-refractivity contribution in [3.05, 3.63) is 29.8 Å². The van der Waals surface area contributed by atoms with Crippen molar-refractivity contribution < 1.29 is 19.4 Å². The largest absolute Gasteiger partial charge is 0.494 e. The molecule has 114 valence electrons. The van der Waals surface area contributed by atoms with Gasteiger partial charge < -0.3 is 15.2 Å². The van der Waals surface area contributed by atoms with E-state index in [2.05, 4.69) is 5.32 Å². The lowest BCUT2D eigenvalue weighted by Crippen LogP contribution is -2.47. The highest BCUT2D eigenvalue weighted by atomic mass is 16.5. The normalized spacial score (nSPS) is 24.6. The molecule has 0 heterocycles. The summed E-state index contributed by atoms with van der Waals surface area (Å²) in [5.41, 5.74) is -0.362. The van der Waals surface area contributed by atoms with Gasteiger partial charge in [0.05, 0.1) is 12.0 Å². The molecular formula is C16H21NO4. The van der Waals surface area contributed by atoms with Gasteiger partial charge in [-0.05, 0) is 51.0 Å². The molecule has 0 aromatic heterocycles. The van der Waals surface area contributed by atoms with Crippen LogP contribution in [0.15, 0.2) is 24.3 Å². The van der Waals surface area contributed by atoms with Crippen LogP contribution in [0.4, 0.5) is 0 Å². The molecule has 5 heteroatoms. The third kappa shape index (κ3) is 3.17. The molecule has 1 fully saturated rings. The molecule has 0 bridgehead atoms. The minimum atomic E-state index is -0.874. The van der Waals surface area contributed by atoms with Gasteiger partial charge in [0.2, 0.25) is 0 Å². The van der Waals surface area contributed by atoms with Gasteiger partial charge in [-0.15, -0.1) is 0 Å². The van der Waals surface area contributed by atoms with Crippen LogP contribution in [0.2, 0.25) is 0 Å². The second-order valence-electron chi connectivity index (χ2n) is 5.60. The first kappa shape index (κ1) is 15.4. The van der Waals surface area contributed by atoms with Crippen molar-refractivity contribution in [2.75, 3.05) is 6.61 Å². The highest BCUT2D eigenvalue weighted by molar-refractivity contribution is 5.95. The van der Waals surface area contributed by atoms with E-state index in [1.165, 1.54) is 0 Å². The average Bonchev–Trinajstić information content (AvgIpc) is 2.83. The molecule has 1 aromatic rings. The summed E-state index contributed by atoms with van der Waals surface area (Å²) in [5, 5.41) is 12.2. The van der Waals surface area contributed by atoms with E-state index in [0.29, 0.717) is 30.8 Å². The molecule has 1 aliphatic rings. The predicted molar refractivity (Wildman–Crippen MR) is 78.5 cm³/mol. The summed E-state index contributed by atoms with van der Waals surface area (Å²) in [6.07, 6.45) is 2.11. The maximum absolute atomic E-state index is 12.2. The molecule has 1 saturated carbocycles. The van der Waals surface area contributed by atoms with Crippen molar-refractivity contribution in [2.24, 2.45) is 5.41 Å². The van der Waals surface area contributed by atoms with Crippen molar-refractivity contribution in [3.8, 4) is 5.75 Å². The van der Waals surface area contributed by atoms with Crippen LogP contribution < -0.4 is 10.1 Å². The Labute approximate surface area is 124 Å². The third-order valence-electron chi connectivity index (χ3n) is 4.18. The van der Waals surface area contributed by atoms with Crippen molar-refractivity contribution in [3.63, 3.8) is 0 Å². The standard InChI is InChI=1S/C16H21NO4/c1-3-21-12-8-6-11(7-9-12)14(18)17-13-5-4-10-16(13,2)15(19)20/h6-9,13H,3-5,10H2,1-2H3,(H,17,18)(H,19,20). The first-order chi connectivity index (χ1) is 9.97. The lowest BCUT2D eigenvalue weighted by Gasteiger charge is -2.27. The number of aliphatic carboxylic acids is 1. The van der Waals surface area contributed by atoms with E-state index >= 15 is 0 Å². The van der Waals surface area contributed by atoms with E-state index in [1.54, 1.807) is 31.2 Å². The first-order valence-electron chi connectivity index (χ1n) is 7.24. The average molecular weight is 291 g/mol. The zero-order valence-corrected chi connectivity index (χ0v) is 12.4. The highest BCUT2D eigenvalue weighted by Gasteiger charge is 2.45. The zero-order chi connectivity index (χ0) is 15.5. The van der Waals surface area contributed by atoms with Gasteiger partial charge in [0.1, 0.15) is 5.75 Å². The molecule has 0 saturated heterocycles. The second kappa shape index (κ2) is 6.16. The SMILES string of the molecule is CCOc1ccc(C(=O)NC2CCCC2(C)C(=O)O)cc1. The number of carbonyl (C=O) groups is 2. The molecule has 2 N–H and O–H groups in total. The van der Waals surface area contributed by atoms with Crippen LogP contribution in [0.1, 0.15) is 43.5 Å². The number of nitrogens with one attached hydrogen (secondary N) is 1. The van der Waals surface area contributed by atoms with Crippen LogP contribution in [0, 0.1) is 5.41 Å². The van der Waals surface area contributed by atoms with Crippen LogP contribution in [0.3, 0.4) is 0 Å². The smallest absolute Gasteiger partial charge is 0.311 e. The Morgan fingerprint density at radius 2 is 2.05 bits per heavy atom. The van der Waals surface area contributed by atoms with Crippen LogP contribution in [0.25, 0.3) is 0 Å². The first-order valence-corrected chi connectivity index (χ1v) is 7.24. The molecule has 1 aliphatic carbocycles. The minimum Gasteiger partial charge on any atom is -0.494 e. The lowest BCUT2D eigenvalue weighted by atomic mass is 9.85. The van der Waals surface area contributed by atoms with E-state index in [4.69, 9.17) is 4.74 Å². The number of carboxylic acids is 1. The maximum Gasteiger partial charge on any atom is 0.311 e. The second-order valence-corrected chi connectivity index (χ2v) is 5.60. The van der Waals surface area contributed by atoms with Gasteiger partial charge in [-0.2, -0.15) is 0 Å². The summed E-state index contributed by atoms with van der Waals surface area (Å²) in [5.74, 6) is -0.375. The van der Waals surface area contributed by atoms with E-state index in [0.717, 1.165) is 6.42 Å². The van der Waals surface area contributed by atoms with Gasteiger partial charge in [-0.1, -0.05) is 6.42 Å². The number of amides is 1. The number of ether oxygens (including phenoxy) is 1. The highest BCUT2D eigenvalue weighted by Crippen LogP contribution is 2.38. The van der Waals surface area contributed by atoms with Gasteiger partial charge in [0.25, 0.3) is 5.91 Å². The topological polar surface area (TPSA) is 75.6 Å². The minimum absolute atomic E-state index is 0.238. The Bertz CT molecular complexity index is 526. The molecule has 2 rings (SSSR count). The molecule has 0 spiro atoms. The fourth-order valence-electron chi connectivity index (χ4n) is 2.76. The Hall–Kier alpha value is -2.04. The van der Waals surface area contributed by atoms with Gasteiger partial charge in [0, 0.05) is 11.6 Å². The van der Waals surface area contributed by atoms with Gasteiger partial charge in [-0.25, -0.2) is 0 Å². The molecule has 1 aromatic carbocycles. The predicted octanol–water partition coefficient (Wildman–Crippen LogP) is 2.46. The maximum atomic E-state index is 12.2. The van der Waals surface area contributed by atoms with Crippen molar-refractivity contribution >= 4 is 11.9 Å². The summed E-state index contributed by atoms with van der Waals surface area (Å²) in [7, 11) is 0. The number of hydrogen-bond acceptors (Lipinski definition) is 3. The van der Waals surface area contributed by atoms with E-state index in [9.17, 15) is 14.7 Å². The van der Waals surface area contributed by atoms with E-state index < -0.39 is 11.4 Å². The Balaban J connectivity index is 2.05. The third-order valence-corrected chi connectivity index (χ3v) is 4.18. The van der Waals surface area contributed by atoms with Crippen molar-refractivity contribution in [1.82, 2.24) is 5.32 Å². The van der Waals surface area contributed by atoms with Crippen LogP contribution >= 0.6 is 0 Å². The molecule has 21 heavy (non-hydrogen) atoms. The lowest BCUT2D eigenvalue weighted by molar-refractivity contribution is -0.148. The molecule has 2 atom stereocenters. The quantitative estimate of drug-likeness (QED) is 0.873. The number of hydrogen-bond donors (Lipinski definition) is 2. The Morgan fingerprint density at radius 1 is 1.38 bits per heavy atom. The fraction of sp³-hybridized carbons (Fsp3) is 0.500. The van der Waals surface area contributed by atoms with Gasteiger partial charge in [0.15, 0.2) is 0 Å². The number of rotatable bonds is 5. The van der Waals surface area contributed by atoms with E-state index in [-0.39, 0.29) is 11.9 Å². The number of carbonyl (C=O) groups excluding carboxylic acids is 1. The zero-order valence-electron chi connectivity index (χ0n) is 12.4. The molecular weight excluding hydrogens is 270 g/mol. The monoisotopic (exact) mass is 291 g/mol. The Morgan fingerprint density at radius 3 is 2.62 bits per heavy atom. The summed E-state index contributed by atoms with van der Waals surface area (Å²) in [6.45, 7) is 4.17. The van der Waals surface area contributed by atoms with Crippen LogP contribution in [0.5, 0.6) is 5.75 Å². The molecule has 5 nitrogen and oxygen atoms in total. The van der Waals surface area contributed by atoms with E-state index in [1.807, 2.05) is 6.92 Å². The van der Waals surface area contributed by atoms with Gasteiger partial charge >= 0.3 is 5.97 Å².